The summed E-state index contributed by atoms with van der Waals surface area (Å²) in [5.41, 5.74) is 2.08. The number of carbonyl (C=O) groups is 2. The van der Waals surface area contributed by atoms with Crippen LogP contribution in [0.15, 0.2) is 48.5 Å². The number of benzene rings is 2. The molecule has 4 nitrogen and oxygen atoms in total. The quantitative estimate of drug-likeness (QED) is 0.933. The maximum atomic E-state index is 13.1. The highest BCUT2D eigenvalue weighted by Crippen LogP contribution is 2.33. The lowest BCUT2D eigenvalue weighted by Crippen LogP contribution is -2.30. The van der Waals surface area contributed by atoms with Crippen LogP contribution >= 0.6 is 0 Å². The number of hydrogen-bond acceptors (Lipinski definition) is 2. The van der Waals surface area contributed by atoms with Gasteiger partial charge in [0.25, 0.3) is 5.91 Å². The van der Waals surface area contributed by atoms with Crippen molar-refractivity contribution < 1.29 is 14.0 Å². The first-order valence-corrected chi connectivity index (χ1v) is 7.98. The third kappa shape index (κ3) is 3.45. The summed E-state index contributed by atoms with van der Waals surface area (Å²) in [6.45, 7) is 2.10. The summed E-state index contributed by atoms with van der Waals surface area (Å²) in [4.78, 5) is 25.9. The molecule has 0 aliphatic carbocycles. The third-order valence-electron chi connectivity index (χ3n) is 4.20. The van der Waals surface area contributed by atoms with Crippen molar-refractivity contribution in [2.45, 2.75) is 25.8 Å². The second kappa shape index (κ2) is 6.83. The van der Waals surface area contributed by atoms with Crippen LogP contribution in [0.2, 0.25) is 0 Å². The van der Waals surface area contributed by atoms with E-state index in [1.54, 1.807) is 36.4 Å². The SMILES string of the molecule is CC(=O)Nc1cccc(C(=O)N2CCCC2c2ccc(F)cc2)c1. The Hall–Kier alpha value is -2.69. The van der Waals surface area contributed by atoms with Crippen LogP contribution in [-0.4, -0.2) is 23.3 Å². The Morgan fingerprint density at radius 3 is 2.62 bits per heavy atom. The van der Waals surface area contributed by atoms with Gasteiger partial charge < -0.3 is 10.2 Å². The van der Waals surface area contributed by atoms with Crippen molar-refractivity contribution in [3.8, 4) is 0 Å². The number of carbonyl (C=O) groups excluding carboxylic acids is 2. The van der Waals surface area contributed by atoms with Gasteiger partial charge in [-0.15, -0.1) is 0 Å². The van der Waals surface area contributed by atoms with Gasteiger partial charge in [0, 0.05) is 24.7 Å². The zero-order valence-electron chi connectivity index (χ0n) is 13.5. The zero-order chi connectivity index (χ0) is 17.1. The van der Waals surface area contributed by atoms with Crippen molar-refractivity contribution in [2.75, 3.05) is 11.9 Å². The summed E-state index contributed by atoms with van der Waals surface area (Å²) in [7, 11) is 0. The van der Waals surface area contributed by atoms with E-state index in [1.807, 2.05) is 4.90 Å². The number of nitrogens with one attached hydrogen (secondary N) is 1. The van der Waals surface area contributed by atoms with Gasteiger partial charge >= 0.3 is 0 Å². The maximum Gasteiger partial charge on any atom is 0.254 e. The fourth-order valence-electron chi connectivity index (χ4n) is 3.14. The van der Waals surface area contributed by atoms with E-state index in [-0.39, 0.29) is 23.7 Å². The van der Waals surface area contributed by atoms with Crippen molar-refractivity contribution in [2.24, 2.45) is 0 Å². The van der Waals surface area contributed by atoms with E-state index in [0.29, 0.717) is 17.8 Å². The average Bonchev–Trinajstić information content (AvgIpc) is 3.04. The van der Waals surface area contributed by atoms with Crippen LogP contribution in [0.25, 0.3) is 0 Å². The maximum absolute atomic E-state index is 13.1. The van der Waals surface area contributed by atoms with E-state index in [2.05, 4.69) is 5.32 Å². The Morgan fingerprint density at radius 2 is 1.92 bits per heavy atom. The first-order valence-electron chi connectivity index (χ1n) is 7.98. The molecule has 0 radical (unpaired) electrons. The van der Waals surface area contributed by atoms with Crippen LogP contribution in [0.1, 0.15) is 41.7 Å². The van der Waals surface area contributed by atoms with Gasteiger partial charge in [-0.25, -0.2) is 4.39 Å². The molecule has 1 heterocycles. The van der Waals surface area contributed by atoms with Gasteiger partial charge in [0.15, 0.2) is 0 Å². The summed E-state index contributed by atoms with van der Waals surface area (Å²) in [6.07, 6.45) is 1.78. The van der Waals surface area contributed by atoms with E-state index in [0.717, 1.165) is 18.4 Å². The van der Waals surface area contributed by atoms with E-state index >= 15 is 0 Å². The second-order valence-corrected chi connectivity index (χ2v) is 5.97. The predicted molar refractivity (Wildman–Crippen MR) is 90.2 cm³/mol. The van der Waals surface area contributed by atoms with Gasteiger partial charge in [-0.05, 0) is 48.7 Å². The number of rotatable bonds is 3. The average molecular weight is 326 g/mol. The van der Waals surface area contributed by atoms with Crippen LogP contribution in [0, 0.1) is 5.82 Å². The molecule has 5 heteroatoms. The van der Waals surface area contributed by atoms with Crippen molar-refractivity contribution in [1.29, 1.82) is 0 Å². The standard InChI is InChI=1S/C19H19FN2O2/c1-13(23)21-17-5-2-4-15(12-17)19(24)22-11-3-6-18(22)14-7-9-16(20)10-8-14/h2,4-5,7-10,12,18H,3,6,11H2,1H3,(H,21,23). The summed E-state index contributed by atoms with van der Waals surface area (Å²) >= 11 is 0. The summed E-state index contributed by atoms with van der Waals surface area (Å²) < 4.78 is 13.1. The molecule has 1 fully saturated rings. The largest absolute Gasteiger partial charge is 0.332 e. The lowest BCUT2D eigenvalue weighted by molar-refractivity contribution is -0.114. The lowest BCUT2D eigenvalue weighted by Gasteiger charge is -2.25. The molecular formula is C19H19FN2O2. The Morgan fingerprint density at radius 1 is 1.17 bits per heavy atom. The molecule has 1 atom stereocenters. The Kier molecular flexibility index (Phi) is 4.60. The van der Waals surface area contributed by atoms with Gasteiger partial charge in [-0.2, -0.15) is 0 Å². The number of nitrogens with zero attached hydrogens (tertiary/aromatic N) is 1. The van der Waals surface area contributed by atoms with Crippen LogP contribution < -0.4 is 5.32 Å². The van der Waals surface area contributed by atoms with Crippen molar-refractivity contribution in [3.63, 3.8) is 0 Å². The molecule has 3 rings (SSSR count). The minimum Gasteiger partial charge on any atom is -0.332 e. The number of likely N-dealkylation sites (tertiary alicyclic amines) is 1. The fourth-order valence-corrected chi connectivity index (χ4v) is 3.14. The molecule has 1 aliphatic rings. The van der Waals surface area contributed by atoms with E-state index in [9.17, 15) is 14.0 Å². The normalized spacial score (nSPS) is 16.9. The lowest BCUT2D eigenvalue weighted by atomic mass is 10.0. The number of halogens is 1. The molecule has 0 saturated carbocycles. The minimum absolute atomic E-state index is 0.0393. The van der Waals surface area contributed by atoms with Crippen LogP contribution in [0.4, 0.5) is 10.1 Å². The molecule has 0 aromatic heterocycles. The smallest absolute Gasteiger partial charge is 0.254 e. The fraction of sp³-hybridized carbons (Fsp3) is 0.263. The number of hydrogen-bond donors (Lipinski definition) is 1. The van der Waals surface area contributed by atoms with Gasteiger partial charge in [-0.1, -0.05) is 18.2 Å². The molecule has 2 aromatic carbocycles. The van der Waals surface area contributed by atoms with Gasteiger partial charge in [0.2, 0.25) is 5.91 Å². The summed E-state index contributed by atoms with van der Waals surface area (Å²) in [5, 5.41) is 2.69. The predicted octanol–water partition coefficient (Wildman–Crippen LogP) is 3.76. The second-order valence-electron chi connectivity index (χ2n) is 5.97. The third-order valence-corrected chi connectivity index (χ3v) is 4.20. The van der Waals surface area contributed by atoms with Crippen LogP contribution in [0.3, 0.4) is 0 Å². The Bertz CT molecular complexity index is 758. The topological polar surface area (TPSA) is 49.4 Å². The van der Waals surface area contributed by atoms with E-state index in [4.69, 9.17) is 0 Å². The van der Waals surface area contributed by atoms with Crippen LogP contribution in [0.5, 0.6) is 0 Å². The monoisotopic (exact) mass is 326 g/mol. The molecule has 2 aromatic rings. The molecule has 24 heavy (non-hydrogen) atoms. The molecule has 1 unspecified atom stereocenters. The number of amides is 2. The Labute approximate surface area is 140 Å². The molecule has 0 spiro atoms. The van der Waals surface area contributed by atoms with E-state index < -0.39 is 0 Å². The molecule has 2 amide bonds. The van der Waals surface area contributed by atoms with Gasteiger partial charge in [0.05, 0.1) is 6.04 Å². The first-order chi connectivity index (χ1) is 11.5. The highest BCUT2D eigenvalue weighted by atomic mass is 19.1. The molecular weight excluding hydrogens is 307 g/mol. The molecule has 1 saturated heterocycles. The molecule has 0 bridgehead atoms. The van der Waals surface area contributed by atoms with Crippen molar-refractivity contribution in [1.82, 2.24) is 4.90 Å². The molecule has 1 N–H and O–H groups in total. The van der Waals surface area contributed by atoms with Crippen LogP contribution in [-0.2, 0) is 4.79 Å². The minimum atomic E-state index is -0.280. The molecule has 1 aliphatic heterocycles. The highest BCUT2D eigenvalue weighted by molar-refractivity contribution is 5.97. The van der Waals surface area contributed by atoms with E-state index in [1.165, 1.54) is 19.1 Å². The number of anilines is 1. The van der Waals surface area contributed by atoms with Gasteiger partial charge in [0.1, 0.15) is 5.82 Å². The Balaban J connectivity index is 1.83. The van der Waals surface area contributed by atoms with Gasteiger partial charge in [-0.3, -0.25) is 9.59 Å². The highest BCUT2D eigenvalue weighted by Gasteiger charge is 2.30. The summed E-state index contributed by atoms with van der Waals surface area (Å²) in [6, 6.07) is 13.2. The first kappa shape index (κ1) is 16.2. The van der Waals surface area contributed by atoms with Crippen molar-refractivity contribution >= 4 is 17.5 Å². The molecule has 124 valence electrons. The zero-order valence-corrected chi connectivity index (χ0v) is 13.5. The van der Waals surface area contributed by atoms with Crippen molar-refractivity contribution in [3.05, 3.63) is 65.5 Å². The summed E-state index contributed by atoms with van der Waals surface area (Å²) in [5.74, 6) is -0.531.